The minimum atomic E-state index is -0.601. The van der Waals surface area contributed by atoms with Crippen molar-refractivity contribution >= 4 is 29.1 Å². The monoisotopic (exact) mass is 323 g/mol. The molecule has 1 amide bonds. The van der Waals surface area contributed by atoms with Crippen LogP contribution in [0.2, 0.25) is 10.0 Å². The molecule has 0 unspecified atom stereocenters. The van der Waals surface area contributed by atoms with Crippen molar-refractivity contribution in [2.45, 2.75) is 19.6 Å². The lowest BCUT2D eigenvalue weighted by Crippen LogP contribution is -2.35. The average Bonchev–Trinajstić information content (AvgIpc) is 2.46. The maximum Gasteiger partial charge on any atom is 0.261 e. The first-order chi connectivity index (χ1) is 10.0. The zero-order valence-electron chi connectivity index (χ0n) is 11.5. The van der Waals surface area contributed by atoms with Crippen molar-refractivity contribution < 1.29 is 9.53 Å². The van der Waals surface area contributed by atoms with Gasteiger partial charge < -0.3 is 10.1 Å². The van der Waals surface area contributed by atoms with Crippen LogP contribution in [0.25, 0.3) is 0 Å². The van der Waals surface area contributed by atoms with Crippen LogP contribution < -0.4 is 10.1 Å². The summed E-state index contributed by atoms with van der Waals surface area (Å²) in [5.41, 5.74) is 0.975. The molecule has 110 valence electrons. The highest BCUT2D eigenvalue weighted by Crippen LogP contribution is 2.18. The first-order valence-electron chi connectivity index (χ1n) is 6.49. The number of hydrogen-bond donors (Lipinski definition) is 1. The van der Waals surface area contributed by atoms with E-state index in [2.05, 4.69) is 5.32 Å². The third-order valence-corrected chi connectivity index (χ3v) is 3.35. The van der Waals surface area contributed by atoms with Crippen molar-refractivity contribution in [3.8, 4) is 5.75 Å². The maximum atomic E-state index is 12.0. The van der Waals surface area contributed by atoms with Gasteiger partial charge in [0.05, 0.1) is 0 Å². The Bertz CT molecular complexity index is 614. The van der Waals surface area contributed by atoms with Gasteiger partial charge in [0.25, 0.3) is 5.91 Å². The van der Waals surface area contributed by atoms with Crippen LogP contribution in [0.3, 0.4) is 0 Å². The lowest BCUT2D eigenvalue weighted by Gasteiger charge is -2.15. The lowest BCUT2D eigenvalue weighted by molar-refractivity contribution is -0.127. The lowest BCUT2D eigenvalue weighted by atomic mass is 10.2. The molecular formula is C16H15Cl2NO2. The standard InChI is InChI=1S/C16H15Cl2NO2/c1-11(21-15-4-2-3-14(18)9-15)16(20)19-10-12-5-7-13(17)8-6-12/h2-9,11H,10H2,1H3,(H,19,20)/t11-/m0/s1. The molecule has 3 nitrogen and oxygen atoms in total. The summed E-state index contributed by atoms with van der Waals surface area (Å²) in [5.74, 6) is 0.376. The number of amides is 1. The molecule has 0 aliphatic carbocycles. The van der Waals surface area contributed by atoms with Crippen molar-refractivity contribution in [3.63, 3.8) is 0 Å². The van der Waals surface area contributed by atoms with Gasteiger partial charge in [0.2, 0.25) is 0 Å². The molecule has 2 aromatic rings. The van der Waals surface area contributed by atoms with Crippen LogP contribution in [0.1, 0.15) is 12.5 Å². The highest BCUT2D eigenvalue weighted by molar-refractivity contribution is 6.30. The van der Waals surface area contributed by atoms with E-state index in [1.165, 1.54) is 0 Å². The van der Waals surface area contributed by atoms with Crippen LogP contribution in [-0.4, -0.2) is 12.0 Å². The van der Waals surface area contributed by atoms with Gasteiger partial charge in [0.15, 0.2) is 6.10 Å². The second-order valence-corrected chi connectivity index (χ2v) is 5.43. The Morgan fingerprint density at radius 1 is 1.14 bits per heavy atom. The summed E-state index contributed by atoms with van der Waals surface area (Å²) in [4.78, 5) is 12.0. The summed E-state index contributed by atoms with van der Waals surface area (Å²) >= 11 is 11.7. The van der Waals surface area contributed by atoms with E-state index in [1.807, 2.05) is 12.1 Å². The van der Waals surface area contributed by atoms with Crippen LogP contribution in [-0.2, 0) is 11.3 Å². The topological polar surface area (TPSA) is 38.3 Å². The molecule has 0 fully saturated rings. The fraction of sp³-hybridized carbons (Fsp3) is 0.188. The third-order valence-electron chi connectivity index (χ3n) is 2.86. The fourth-order valence-corrected chi connectivity index (χ4v) is 2.04. The van der Waals surface area contributed by atoms with E-state index in [0.717, 1.165) is 5.56 Å². The molecule has 0 heterocycles. The highest BCUT2D eigenvalue weighted by atomic mass is 35.5. The highest BCUT2D eigenvalue weighted by Gasteiger charge is 2.14. The first-order valence-corrected chi connectivity index (χ1v) is 7.24. The van der Waals surface area contributed by atoms with Crippen LogP contribution >= 0.6 is 23.2 Å². The van der Waals surface area contributed by atoms with E-state index >= 15 is 0 Å². The number of nitrogens with one attached hydrogen (secondary N) is 1. The Balaban J connectivity index is 1.86. The molecule has 2 aromatic carbocycles. The summed E-state index contributed by atoms with van der Waals surface area (Å²) in [6, 6.07) is 14.3. The van der Waals surface area contributed by atoms with Gasteiger partial charge in [-0.3, -0.25) is 4.79 Å². The van der Waals surface area contributed by atoms with Crippen molar-refractivity contribution in [1.82, 2.24) is 5.32 Å². The molecule has 0 saturated heterocycles. The first kappa shape index (κ1) is 15.7. The number of hydrogen-bond acceptors (Lipinski definition) is 2. The molecule has 2 rings (SSSR count). The Morgan fingerprint density at radius 2 is 1.86 bits per heavy atom. The smallest absolute Gasteiger partial charge is 0.261 e. The Kier molecular flexibility index (Phi) is 5.48. The van der Waals surface area contributed by atoms with Crippen LogP contribution in [0, 0.1) is 0 Å². The molecule has 5 heteroatoms. The summed E-state index contributed by atoms with van der Waals surface area (Å²) in [7, 11) is 0. The van der Waals surface area contributed by atoms with Crippen LogP contribution in [0.5, 0.6) is 5.75 Å². The van der Waals surface area contributed by atoms with Gasteiger partial charge in [-0.05, 0) is 42.8 Å². The van der Waals surface area contributed by atoms with E-state index < -0.39 is 6.10 Å². The van der Waals surface area contributed by atoms with Crippen molar-refractivity contribution in [2.75, 3.05) is 0 Å². The summed E-state index contributed by atoms with van der Waals surface area (Å²) in [6.45, 7) is 2.12. The van der Waals surface area contributed by atoms with E-state index in [4.69, 9.17) is 27.9 Å². The van der Waals surface area contributed by atoms with E-state index in [-0.39, 0.29) is 5.91 Å². The van der Waals surface area contributed by atoms with Gasteiger partial charge in [0.1, 0.15) is 5.75 Å². The molecule has 1 N–H and O–H groups in total. The molecule has 0 aliphatic heterocycles. The molecular weight excluding hydrogens is 309 g/mol. The van der Waals surface area contributed by atoms with Gasteiger partial charge in [0, 0.05) is 16.6 Å². The van der Waals surface area contributed by atoms with Crippen molar-refractivity contribution in [3.05, 3.63) is 64.1 Å². The van der Waals surface area contributed by atoms with Gasteiger partial charge in [-0.15, -0.1) is 0 Å². The molecule has 1 atom stereocenters. The molecule has 0 spiro atoms. The number of rotatable bonds is 5. The minimum Gasteiger partial charge on any atom is -0.481 e. The van der Waals surface area contributed by atoms with Crippen molar-refractivity contribution in [1.29, 1.82) is 0 Å². The largest absolute Gasteiger partial charge is 0.481 e. The molecule has 0 saturated carbocycles. The van der Waals surface area contributed by atoms with Gasteiger partial charge >= 0.3 is 0 Å². The van der Waals surface area contributed by atoms with E-state index in [9.17, 15) is 4.79 Å². The number of ether oxygens (including phenoxy) is 1. The zero-order chi connectivity index (χ0) is 15.2. The maximum absolute atomic E-state index is 12.0. The predicted octanol–water partition coefficient (Wildman–Crippen LogP) is 4.08. The minimum absolute atomic E-state index is 0.190. The third kappa shape index (κ3) is 4.96. The molecule has 0 radical (unpaired) electrons. The SMILES string of the molecule is C[C@H](Oc1cccc(Cl)c1)C(=O)NCc1ccc(Cl)cc1. The van der Waals surface area contributed by atoms with Gasteiger partial charge in [-0.2, -0.15) is 0 Å². The molecule has 0 aromatic heterocycles. The van der Waals surface area contributed by atoms with E-state index in [0.29, 0.717) is 22.3 Å². The number of benzene rings is 2. The Hall–Kier alpha value is -1.71. The fourth-order valence-electron chi connectivity index (χ4n) is 1.73. The van der Waals surface area contributed by atoms with Crippen LogP contribution in [0.15, 0.2) is 48.5 Å². The number of halogens is 2. The Morgan fingerprint density at radius 3 is 2.52 bits per heavy atom. The molecule has 21 heavy (non-hydrogen) atoms. The summed E-state index contributed by atoms with van der Waals surface area (Å²) < 4.78 is 5.55. The average molecular weight is 324 g/mol. The van der Waals surface area contributed by atoms with E-state index in [1.54, 1.807) is 43.3 Å². The quantitative estimate of drug-likeness (QED) is 0.900. The van der Waals surface area contributed by atoms with Crippen LogP contribution in [0.4, 0.5) is 0 Å². The van der Waals surface area contributed by atoms with Gasteiger partial charge in [-0.1, -0.05) is 41.4 Å². The Labute approximate surface area is 133 Å². The number of carbonyl (C=O) groups is 1. The zero-order valence-corrected chi connectivity index (χ0v) is 13.0. The number of carbonyl (C=O) groups excluding carboxylic acids is 1. The van der Waals surface area contributed by atoms with Crippen molar-refractivity contribution in [2.24, 2.45) is 0 Å². The summed E-state index contributed by atoms with van der Waals surface area (Å²) in [5, 5.41) is 4.05. The second-order valence-electron chi connectivity index (χ2n) is 4.56. The second kappa shape index (κ2) is 7.34. The summed E-state index contributed by atoms with van der Waals surface area (Å²) in [6.07, 6.45) is -0.601. The normalized spacial score (nSPS) is 11.8. The predicted molar refractivity (Wildman–Crippen MR) is 84.8 cm³/mol. The molecule has 0 bridgehead atoms. The van der Waals surface area contributed by atoms with Gasteiger partial charge in [-0.25, -0.2) is 0 Å². The molecule has 0 aliphatic rings.